The van der Waals surface area contributed by atoms with E-state index in [-0.39, 0.29) is 5.91 Å². The van der Waals surface area contributed by atoms with Gasteiger partial charge >= 0.3 is 0 Å². The molecule has 1 amide bonds. The first-order valence-corrected chi connectivity index (χ1v) is 7.27. The first-order chi connectivity index (χ1) is 9.11. The van der Waals surface area contributed by atoms with Gasteiger partial charge in [0.05, 0.1) is 5.56 Å². The van der Waals surface area contributed by atoms with Gasteiger partial charge in [0, 0.05) is 11.7 Å². The number of amides is 1. The van der Waals surface area contributed by atoms with Gasteiger partial charge < -0.3 is 11.1 Å². The van der Waals surface area contributed by atoms with E-state index in [1.807, 2.05) is 19.1 Å². The zero-order chi connectivity index (χ0) is 13.8. The van der Waals surface area contributed by atoms with Gasteiger partial charge in [0.1, 0.15) is 0 Å². The van der Waals surface area contributed by atoms with Crippen molar-refractivity contribution < 1.29 is 4.79 Å². The summed E-state index contributed by atoms with van der Waals surface area (Å²) in [5.41, 5.74) is 8.07. The minimum absolute atomic E-state index is 0.0163. The maximum absolute atomic E-state index is 12.4. The predicted molar refractivity (Wildman–Crippen MR) is 79.1 cm³/mol. The van der Waals surface area contributed by atoms with E-state index in [1.165, 1.54) is 19.3 Å². The maximum Gasteiger partial charge on any atom is 0.253 e. The van der Waals surface area contributed by atoms with Crippen LogP contribution in [0.2, 0.25) is 0 Å². The molecule has 0 aromatic heterocycles. The molecule has 3 N–H and O–H groups in total. The van der Waals surface area contributed by atoms with Crippen molar-refractivity contribution in [1.29, 1.82) is 0 Å². The fourth-order valence-electron chi connectivity index (χ4n) is 3.05. The molecule has 0 aliphatic heterocycles. The molecule has 0 radical (unpaired) electrons. The van der Waals surface area contributed by atoms with Gasteiger partial charge in [-0.3, -0.25) is 4.79 Å². The molecule has 1 fully saturated rings. The van der Waals surface area contributed by atoms with Crippen molar-refractivity contribution in [1.82, 2.24) is 5.32 Å². The molecule has 19 heavy (non-hydrogen) atoms. The molecule has 0 heterocycles. The van der Waals surface area contributed by atoms with Crippen molar-refractivity contribution in [2.24, 2.45) is 5.92 Å². The lowest BCUT2D eigenvalue weighted by molar-refractivity contribution is 0.0919. The number of anilines is 1. The highest BCUT2D eigenvalue weighted by Gasteiger charge is 2.23. The van der Waals surface area contributed by atoms with Crippen LogP contribution in [0.15, 0.2) is 18.2 Å². The standard InChI is InChI=1S/C16H24N2O/c1-3-12-7-5-8-13(10-12)18-16(19)15-11(2)6-4-9-14(15)17/h4,6,9,12-13H,3,5,7-8,10,17H2,1-2H3,(H,18,19). The lowest BCUT2D eigenvalue weighted by Crippen LogP contribution is -2.38. The smallest absolute Gasteiger partial charge is 0.253 e. The van der Waals surface area contributed by atoms with E-state index in [9.17, 15) is 4.79 Å². The molecule has 2 rings (SSSR count). The van der Waals surface area contributed by atoms with E-state index >= 15 is 0 Å². The van der Waals surface area contributed by atoms with Crippen molar-refractivity contribution in [3.8, 4) is 0 Å². The molecule has 1 aromatic carbocycles. The van der Waals surface area contributed by atoms with Crippen molar-refractivity contribution in [3.05, 3.63) is 29.3 Å². The van der Waals surface area contributed by atoms with Crippen LogP contribution in [-0.2, 0) is 0 Å². The average Bonchev–Trinajstić information content (AvgIpc) is 2.38. The fourth-order valence-corrected chi connectivity index (χ4v) is 3.05. The van der Waals surface area contributed by atoms with Gasteiger partial charge in [-0.1, -0.05) is 38.3 Å². The molecule has 1 saturated carbocycles. The van der Waals surface area contributed by atoms with Crippen LogP contribution in [0, 0.1) is 12.8 Å². The Morgan fingerprint density at radius 2 is 2.21 bits per heavy atom. The maximum atomic E-state index is 12.4. The zero-order valence-electron chi connectivity index (χ0n) is 11.9. The van der Waals surface area contributed by atoms with Gasteiger partial charge in [0.15, 0.2) is 0 Å². The van der Waals surface area contributed by atoms with Crippen molar-refractivity contribution in [3.63, 3.8) is 0 Å². The Bertz CT molecular complexity index is 436. The lowest BCUT2D eigenvalue weighted by Gasteiger charge is -2.29. The summed E-state index contributed by atoms with van der Waals surface area (Å²) >= 11 is 0. The second-order valence-corrected chi connectivity index (χ2v) is 5.65. The second kappa shape index (κ2) is 6.09. The van der Waals surface area contributed by atoms with Crippen molar-refractivity contribution in [2.75, 3.05) is 5.73 Å². The van der Waals surface area contributed by atoms with E-state index in [0.29, 0.717) is 17.3 Å². The van der Waals surface area contributed by atoms with E-state index in [0.717, 1.165) is 24.3 Å². The van der Waals surface area contributed by atoms with Crippen molar-refractivity contribution in [2.45, 2.75) is 52.0 Å². The number of nitrogen functional groups attached to an aromatic ring is 1. The Morgan fingerprint density at radius 1 is 1.42 bits per heavy atom. The molecular formula is C16H24N2O. The molecule has 0 saturated heterocycles. The fraction of sp³-hybridized carbons (Fsp3) is 0.562. The second-order valence-electron chi connectivity index (χ2n) is 5.65. The minimum Gasteiger partial charge on any atom is -0.398 e. The Labute approximate surface area is 115 Å². The van der Waals surface area contributed by atoms with E-state index in [2.05, 4.69) is 12.2 Å². The lowest BCUT2D eigenvalue weighted by atomic mass is 9.84. The number of hydrogen-bond donors (Lipinski definition) is 2. The van der Waals surface area contributed by atoms with Crippen LogP contribution in [0.4, 0.5) is 5.69 Å². The van der Waals surface area contributed by atoms with E-state index in [4.69, 9.17) is 5.73 Å². The molecule has 2 atom stereocenters. The largest absolute Gasteiger partial charge is 0.398 e. The summed E-state index contributed by atoms with van der Waals surface area (Å²) in [6.45, 7) is 4.16. The summed E-state index contributed by atoms with van der Waals surface area (Å²) in [7, 11) is 0. The third-order valence-electron chi connectivity index (χ3n) is 4.23. The summed E-state index contributed by atoms with van der Waals surface area (Å²) in [5, 5.41) is 3.16. The normalized spacial score (nSPS) is 23.1. The molecule has 1 aromatic rings. The van der Waals surface area contributed by atoms with Crippen LogP contribution in [-0.4, -0.2) is 11.9 Å². The number of benzene rings is 1. The first kappa shape index (κ1) is 13.9. The quantitative estimate of drug-likeness (QED) is 0.819. The molecule has 104 valence electrons. The molecule has 3 nitrogen and oxygen atoms in total. The topological polar surface area (TPSA) is 55.1 Å². The number of carbonyl (C=O) groups excluding carboxylic acids is 1. The summed E-state index contributed by atoms with van der Waals surface area (Å²) in [5.74, 6) is 0.741. The van der Waals surface area contributed by atoms with Gasteiger partial charge in [-0.25, -0.2) is 0 Å². The molecule has 0 bridgehead atoms. The monoisotopic (exact) mass is 260 g/mol. The third kappa shape index (κ3) is 3.28. The molecular weight excluding hydrogens is 236 g/mol. The summed E-state index contributed by atoms with van der Waals surface area (Å²) in [4.78, 5) is 12.4. The summed E-state index contributed by atoms with van der Waals surface area (Å²) in [6, 6.07) is 5.92. The van der Waals surface area contributed by atoms with Crippen LogP contribution < -0.4 is 11.1 Å². The highest BCUT2D eigenvalue weighted by atomic mass is 16.1. The van der Waals surface area contributed by atoms with E-state index < -0.39 is 0 Å². The first-order valence-electron chi connectivity index (χ1n) is 7.27. The Kier molecular flexibility index (Phi) is 4.46. The minimum atomic E-state index is -0.0163. The van der Waals surface area contributed by atoms with Gasteiger partial charge in [0.2, 0.25) is 0 Å². The highest BCUT2D eigenvalue weighted by molar-refractivity contribution is 6.00. The summed E-state index contributed by atoms with van der Waals surface area (Å²) in [6.07, 6.45) is 5.92. The number of nitrogens with one attached hydrogen (secondary N) is 1. The van der Waals surface area contributed by atoms with E-state index in [1.54, 1.807) is 6.07 Å². The number of hydrogen-bond acceptors (Lipinski definition) is 2. The molecule has 1 aliphatic carbocycles. The predicted octanol–water partition coefficient (Wildman–Crippen LogP) is 3.28. The van der Waals surface area contributed by atoms with Crippen LogP contribution in [0.25, 0.3) is 0 Å². The third-order valence-corrected chi connectivity index (χ3v) is 4.23. The SMILES string of the molecule is CCC1CCCC(NC(=O)c2c(C)cccc2N)C1. The van der Waals surface area contributed by atoms with Crippen LogP contribution >= 0.6 is 0 Å². The molecule has 0 spiro atoms. The average molecular weight is 260 g/mol. The van der Waals surface area contributed by atoms with Gasteiger partial charge in [-0.2, -0.15) is 0 Å². The highest BCUT2D eigenvalue weighted by Crippen LogP contribution is 2.27. The van der Waals surface area contributed by atoms with Gasteiger partial charge in [0.25, 0.3) is 5.91 Å². The van der Waals surface area contributed by atoms with Crippen LogP contribution in [0.1, 0.15) is 54.9 Å². The number of carbonyl (C=O) groups is 1. The number of rotatable bonds is 3. The molecule has 2 unspecified atom stereocenters. The van der Waals surface area contributed by atoms with Crippen molar-refractivity contribution >= 4 is 11.6 Å². The van der Waals surface area contributed by atoms with Gasteiger partial charge in [-0.05, 0) is 37.3 Å². The number of nitrogens with two attached hydrogens (primary N) is 1. The summed E-state index contributed by atoms with van der Waals surface area (Å²) < 4.78 is 0. The van der Waals surface area contributed by atoms with Crippen LogP contribution in [0.5, 0.6) is 0 Å². The molecule has 3 heteroatoms. The van der Waals surface area contributed by atoms with Gasteiger partial charge in [-0.15, -0.1) is 0 Å². The van der Waals surface area contributed by atoms with Crippen LogP contribution in [0.3, 0.4) is 0 Å². The Morgan fingerprint density at radius 3 is 2.89 bits per heavy atom. The number of aryl methyl sites for hydroxylation is 1. The Hall–Kier alpha value is -1.51. The zero-order valence-corrected chi connectivity index (χ0v) is 11.9. The Balaban J connectivity index is 2.05. The molecule has 1 aliphatic rings.